The van der Waals surface area contributed by atoms with E-state index >= 15 is 0 Å². The summed E-state index contributed by atoms with van der Waals surface area (Å²) in [6.07, 6.45) is 0.299. The number of nitrogens with two attached hydrogens (primary N) is 1. The summed E-state index contributed by atoms with van der Waals surface area (Å²) >= 11 is 5.61. The molecule has 0 unspecified atom stereocenters. The number of esters is 1. The van der Waals surface area contributed by atoms with Crippen LogP contribution in [-0.2, 0) is 9.53 Å². The fourth-order valence-electron chi connectivity index (χ4n) is 3.53. The van der Waals surface area contributed by atoms with Gasteiger partial charge in [0.1, 0.15) is 17.4 Å². The topological polar surface area (TPSA) is 134 Å². The number of benzene rings is 2. The summed E-state index contributed by atoms with van der Waals surface area (Å²) in [5.74, 6) is 0.533. The molecule has 1 aromatic heterocycles. The first-order valence-corrected chi connectivity index (χ1v) is 11.8. The number of carbonyl (C=O) groups excluding carboxylic acids is 2. The molecule has 2 aromatic carbocycles. The summed E-state index contributed by atoms with van der Waals surface area (Å²) in [5.41, 5.74) is 8.99. The minimum absolute atomic E-state index is 0. The van der Waals surface area contributed by atoms with Crippen LogP contribution in [-0.4, -0.2) is 57.3 Å². The summed E-state index contributed by atoms with van der Waals surface area (Å²) in [6.45, 7) is 6.49. The Balaban J connectivity index is 0.00000456. The van der Waals surface area contributed by atoms with Gasteiger partial charge in [0, 0.05) is 24.2 Å². The number of amidine groups is 1. The SMILES string of the molecule is CCCN(CCC(=O)OCC)C(=O)Oc1ccc2[nH]c(C(=S)c3ccc(C(=N)N)cc3)nc2c1C.Cl. The number of nitrogen functional groups attached to an aromatic ring is 1. The fourth-order valence-corrected chi connectivity index (χ4v) is 3.76. The van der Waals surface area contributed by atoms with Crippen molar-refractivity contribution < 1.29 is 19.1 Å². The van der Waals surface area contributed by atoms with Crippen molar-refractivity contribution in [2.45, 2.75) is 33.6 Å². The van der Waals surface area contributed by atoms with E-state index in [4.69, 9.17) is 32.8 Å². The minimum atomic E-state index is -0.532. The summed E-state index contributed by atoms with van der Waals surface area (Å²) in [7, 11) is 0. The Morgan fingerprint density at radius 1 is 1.11 bits per heavy atom. The quantitative estimate of drug-likeness (QED) is 0.115. The van der Waals surface area contributed by atoms with Crippen molar-refractivity contribution in [3.63, 3.8) is 0 Å². The highest BCUT2D eigenvalue weighted by Crippen LogP contribution is 2.27. The van der Waals surface area contributed by atoms with E-state index in [2.05, 4.69) is 9.97 Å². The molecule has 0 aliphatic rings. The van der Waals surface area contributed by atoms with E-state index in [1.807, 2.05) is 13.8 Å². The lowest BCUT2D eigenvalue weighted by molar-refractivity contribution is -0.143. The molecule has 1 amide bonds. The third-order valence-corrected chi connectivity index (χ3v) is 5.80. The number of nitrogens with zero attached hydrogens (tertiary/aromatic N) is 2. The number of aromatic amines is 1. The molecule has 0 atom stereocenters. The molecule has 11 heteroatoms. The Bertz CT molecular complexity index is 1260. The number of H-pyrrole nitrogens is 1. The van der Waals surface area contributed by atoms with Gasteiger partial charge in [-0.2, -0.15) is 0 Å². The van der Waals surface area contributed by atoms with Gasteiger partial charge in [0.15, 0.2) is 0 Å². The molecule has 0 saturated heterocycles. The van der Waals surface area contributed by atoms with E-state index in [0.29, 0.717) is 46.2 Å². The number of aryl methyl sites for hydroxylation is 1. The standard InChI is InChI=1S/C25H29N5O4S.ClH/c1-4-13-30(14-12-20(31)33-5-2)25(32)34-19-11-10-18-21(15(19)3)29-24(28-18)22(35)16-6-8-17(9-7-16)23(26)27;/h6-11H,4-5,12-14H2,1-3H3,(H3,26,27)(H,28,29);1H. The van der Waals surface area contributed by atoms with Gasteiger partial charge >= 0.3 is 12.1 Å². The van der Waals surface area contributed by atoms with Crippen molar-refractivity contribution in [2.75, 3.05) is 19.7 Å². The number of imidazole rings is 1. The molecule has 36 heavy (non-hydrogen) atoms. The highest BCUT2D eigenvalue weighted by atomic mass is 35.5. The summed E-state index contributed by atoms with van der Waals surface area (Å²) < 4.78 is 10.6. The number of fused-ring (bicyclic) bond motifs is 1. The van der Waals surface area contributed by atoms with Crippen LogP contribution < -0.4 is 10.5 Å². The van der Waals surface area contributed by atoms with E-state index < -0.39 is 6.09 Å². The largest absolute Gasteiger partial charge is 0.466 e. The molecule has 0 aliphatic heterocycles. The first-order chi connectivity index (χ1) is 16.7. The fraction of sp³-hybridized carbons (Fsp3) is 0.320. The van der Waals surface area contributed by atoms with Gasteiger partial charge in [-0.25, -0.2) is 9.78 Å². The van der Waals surface area contributed by atoms with Crippen molar-refractivity contribution >= 4 is 58.4 Å². The number of hydrogen-bond donors (Lipinski definition) is 3. The lowest BCUT2D eigenvalue weighted by Crippen LogP contribution is -2.36. The van der Waals surface area contributed by atoms with Crippen LogP contribution in [0.1, 0.15) is 49.2 Å². The number of amides is 1. The van der Waals surface area contributed by atoms with Crippen LogP contribution in [0, 0.1) is 12.3 Å². The molecule has 9 nitrogen and oxygen atoms in total. The van der Waals surface area contributed by atoms with Crippen LogP contribution in [0.25, 0.3) is 11.0 Å². The number of thiocarbonyl (C=S) groups is 1. The van der Waals surface area contributed by atoms with Gasteiger partial charge in [-0.05, 0) is 38.0 Å². The molecule has 0 spiro atoms. The summed E-state index contributed by atoms with van der Waals surface area (Å²) in [6, 6.07) is 10.6. The highest BCUT2D eigenvalue weighted by molar-refractivity contribution is 7.81. The van der Waals surface area contributed by atoms with Crippen LogP contribution in [0.4, 0.5) is 4.79 Å². The summed E-state index contributed by atoms with van der Waals surface area (Å²) in [5, 5.41) is 7.52. The smallest absolute Gasteiger partial charge is 0.415 e. The van der Waals surface area contributed by atoms with Crippen LogP contribution >= 0.6 is 24.6 Å². The molecule has 3 aromatic rings. The van der Waals surface area contributed by atoms with Crippen molar-refractivity contribution in [3.05, 3.63) is 58.9 Å². The predicted molar refractivity (Wildman–Crippen MR) is 145 cm³/mol. The number of hydrogen-bond acceptors (Lipinski definition) is 7. The lowest BCUT2D eigenvalue weighted by atomic mass is 10.1. The van der Waals surface area contributed by atoms with Gasteiger partial charge in [-0.1, -0.05) is 43.4 Å². The summed E-state index contributed by atoms with van der Waals surface area (Å²) in [4.78, 5) is 34.4. The normalized spacial score (nSPS) is 10.4. The Labute approximate surface area is 221 Å². The van der Waals surface area contributed by atoms with Crippen molar-refractivity contribution in [1.29, 1.82) is 5.41 Å². The predicted octanol–water partition coefficient (Wildman–Crippen LogP) is 4.51. The minimum Gasteiger partial charge on any atom is -0.466 e. The molecule has 1 heterocycles. The van der Waals surface area contributed by atoms with Crippen molar-refractivity contribution in [2.24, 2.45) is 5.73 Å². The van der Waals surface area contributed by atoms with Crippen LogP contribution in [0.2, 0.25) is 0 Å². The van der Waals surface area contributed by atoms with Gasteiger partial charge < -0.3 is 25.1 Å². The first-order valence-electron chi connectivity index (χ1n) is 11.4. The number of carbonyl (C=O) groups is 2. The monoisotopic (exact) mass is 531 g/mol. The Morgan fingerprint density at radius 3 is 2.39 bits per heavy atom. The molecule has 0 fully saturated rings. The van der Waals surface area contributed by atoms with Crippen LogP contribution in [0.5, 0.6) is 5.75 Å². The van der Waals surface area contributed by atoms with Crippen molar-refractivity contribution in [3.8, 4) is 5.75 Å². The second-order valence-electron chi connectivity index (χ2n) is 7.90. The molecule has 3 rings (SSSR count). The van der Waals surface area contributed by atoms with Gasteiger partial charge in [0.2, 0.25) is 0 Å². The van der Waals surface area contributed by atoms with Crippen molar-refractivity contribution in [1.82, 2.24) is 14.9 Å². The van der Waals surface area contributed by atoms with E-state index in [0.717, 1.165) is 17.5 Å². The highest BCUT2D eigenvalue weighted by Gasteiger charge is 2.20. The maximum atomic E-state index is 12.8. The Morgan fingerprint density at radius 2 is 1.78 bits per heavy atom. The molecule has 0 bridgehead atoms. The van der Waals surface area contributed by atoms with E-state index in [1.54, 1.807) is 43.3 Å². The maximum Gasteiger partial charge on any atom is 0.415 e. The first kappa shape index (κ1) is 28.7. The number of halogens is 1. The number of ether oxygens (including phenoxy) is 2. The molecule has 0 saturated carbocycles. The van der Waals surface area contributed by atoms with Gasteiger partial charge in [-0.3, -0.25) is 10.2 Å². The van der Waals surface area contributed by atoms with Gasteiger partial charge in [0.25, 0.3) is 0 Å². The van der Waals surface area contributed by atoms with Gasteiger partial charge in [-0.15, -0.1) is 12.4 Å². The molecular formula is C25H30ClN5O4S. The second kappa shape index (κ2) is 13.0. The van der Waals surface area contributed by atoms with E-state index in [-0.39, 0.29) is 37.2 Å². The third kappa shape index (κ3) is 6.79. The van der Waals surface area contributed by atoms with Crippen LogP contribution in [0.15, 0.2) is 36.4 Å². The zero-order valence-corrected chi connectivity index (χ0v) is 22.1. The average Bonchev–Trinajstić information content (AvgIpc) is 3.28. The molecule has 192 valence electrons. The van der Waals surface area contributed by atoms with E-state index in [1.165, 1.54) is 4.90 Å². The number of rotatable bonds is 10. The second-order valence-corrected chi connectivity index (χ2v) is 8.31. The molecule has 0 aliphatic carbocycles. The zero-order valence-electron chi connectivity index (χ0n) is 20.4. The maximum absolute atomic E-state index is 12.8. The molecular weight excluding hydrogens is 502 g/mol. The van der Waals surface area contributed by atoms with E-state index in [9.17, 15) is 9.59 Å². The number of nitrogens with one attached hydrogen (secondary N) is 2. The lowest BCUT2D eigenvalue weighted by Gasteiger charge is -2.21. The number of aromatic nitrogens is 2. The third-order valence-electron chi connectivity index (χ3n) is 5.37. The zero-order chi connectivity index (χ0) is 25.5. The Hall–Kier alpha value is -3.50. The average molecular weight is 532 g/mol. The Kier molecular flexibility index (Phi) is 10.4. The molecule has 0 radical (unpaired) electrons. The molecule has 4 N–H and O–H groups in total. The van der Waals surface area contributed by atoms with Crippen LogP contribution in [0.3, 0.4) is 0 Å². The van der Waals surface area contributed by atoms with Gasteiger partial charge in [0.05, 0.1) is 28.9 Å².